The summed E-state index contributed by atoms with van der Waals surface area (Å²) in [4.78, 5) is 32.0. The molecule has 4 rings (SSSR count). The Labute approximate surface area is 172 Å². The maximum atomic E-state index is 12.6. The summed E-state index contributed by atoms with van der Waals surface area (Å²) in [5, 5.41) is 9.05. The minimum absolute atomic E-state index is 0.0469. The number of carbonyl (C=O) groups is 2. The zero-order chi connectivity index (χ0) is 20.4. The highest BCUT2D eigenvalue weighted by Crippen LogP contribution is 2.39. The van der Waals surface area contributed by atoms with Gasteiger partial charge in [-0.1, -0.05) is 41.6 Å². The number of hydrogen-bond donors (Lipinski definition) is 1. The van der Waals surface area contributed by atoms with Gasteiger partial charge in [0.2, 0.25) is 17.6 Å². The van der Waals surface area contributed by atoms with Crippen molar-refractivity contribution in [1.29, 1.82) is 0 Å². The average Bonchev–Trinajstić information content (AvgIpc) is 3.48. The van der Waals surface area contributed by atoms with Crippen molar-refractivity contribution in [3.63, 3.8) is 0 Å². The van der Waals surface area contributed by atoms with Crippen LogP contribution in [0.5, 0.6) is 0 Å². The molecule has 1 aromatic carbocycles. The molecule has 2 amide bonds. The van der Waals surface area contributed by atoms with Crippen molar-refractivity contribution in [2.24, 2.45) is 5.92 Å². The number of carbonyl (C=O) groups excluding carboxylic acids is 2. The highest BCUT2D eigenvalue weighted by Gasteiger charge is 2.43. The number of benzene rings is 1. The molecular weight excluding hydrogens is 388 g/mol. The molecule has 1 saturated carbocycles. The zero-order valence-corrected chi connectivity index (χ0v) is 17.1. The van der Waals surface area contributed by atoms with Gasteiger partial charge in [-0.2, -0.15) is 4.98 Å². The van der Waals surface area contributed by atoms with E-state index in [2.05, 4.69) is 15.5 Å². The van der Waals surface area contributed by atoms with Gasteiger partial charge in [0.15, 0.2) is 0 Å². The fourth-order valence-electron chi connectivity index (χ4n) is 3.77. The molecule has 3 aromatic rings. The van der Waals surface area contributed by atoms with Crippen LogP contribution >= 0.6 is 11.3 Å². The van der Waals surface area contributed by atoms with E-state index in [-0.39, 0.29) is 29.7 Å². The summed E-state index contributed by atoms with van der Waals surface area (Å²) in [6, 6.07) is 13.0. The standard InChI is InChI=1S/C21H22N4O3S/c1-25(2)21(27)14-11-15(16(12-14)22-19(26)17-9-6-10-29-17)20-23-18(24-28-20)13-7-4-3-5-8-13/h3-10,14-16H,11-12H2,1-2H3,(H,22,26). The van der Waals surface area contributed by atoms with Crippen LogP contribution in [0.15, 0.2) is 52.4 Å². The van der Waals surface area contributed by atoms with Crippen LogP contribution in [-0.4, -0.2) is 47.0 Å². The number of nitrogens with one attached hydrogen (secondary N) is 1. The first-order valence-corrected chi connectivity index (χ1v) is 10.4. The fraction of sp³-hybridized carbons (Fsp3) is 0.333. The quantitative estimate of drug-likeness (QED) is 0.698. The van der Waals surface area contributed by atoms with Crippen LogP contribution in [0.1, 0.15) is 34.3 Å². The van der Waals surface area contributed by atoms with E-state index in [1.807, 2.05) is 41.8 Å². The van der Waals surface area contributed by atoms with Crippen LogP contribution in [0.2, 0.25) is 0 Å². The minimum atomic E-state index is -0.248. The van der Waals surface area contributed by atoms with Crippen molar-refractivity contribution in [2.75, 3.05) is 14.1 Å². The Hall–Kier alpha value is -3.00. The molecule has 7 nitrogen and oxygen atoms in total. The summed E-state index contributed by atoms with van der Waals surface area (Å²) >= 11 is 1.39. The maximum absolute atomic E-state index is 12.6. The first-order valence-electron chi connectivity index (χ1n) is 9.47. The van der Waals surface area contributed by atoms with Crippen molar-refractivity contribution in [2.45, 2.75) is 24.8 Å². The predicted octanol–water partition coefficient (Wildman–Crippen LogP) is 3.18. The van der Waals surface area contributed by atoms with Gasteiger partial charge in [0, 0.05) is 31.6 Å². The molecule has 1 aliphatic rings. The highest BCUT2D eigenvalue weighted by atomic mass is 32.1. The third kappa shape index (κ3) is 4.07. The van der Waals surface area contributed by atoms with E-state index < -0.39 is 0 Å². The van der Waals surface area contributed by atoms with Crippen LogP contribution in [0.25, 0.3) is 11.4 Å². The first kappa shape index (κ1) is 19.3. The number of thiophene rings is 1. The van der Waals surface area contributed by atoms with Crippen molar-refractivity contribution in [3.8, 4) is 11.4 Å². The molecule has 1 aliphatic carbocycles. The first-order chi connectivity index (χ1) is 14.0. The Morgan fingerprint density at radius 1 is 1.14 bits per heavy atom. The van der Waals surface area contributed by atoms with E-state index in [4.69, 9.17) is 4.52 Å². The molecule has 0 aliphatic heterocycles. The second-order valence-corrected chi connectivity index (χ2v) is 8.33. The Morgan fingerprint density at radius 3 is 2.62 bits per heavy atom. The van der Waals surface area contributed by atoms with Crippen molar-refractivity contribution in [3.05, 3.63) is 58.6 Å². The van der Waals surface area contributed by atoms with E-state index in [0.717, 1.165) is 5.56 Å². The van der Waals surface area contributed by atoms with Crippen molar-refractivity contribution < 1.29 is 14.1 Å². The molecule has 0 bridgehead atoms. The van der Waals surface area contributed by atoms with Crippen LogP contribution in [-0.2, 0) is 4.79 Å². The van der Waals surface area contributed by atoms with Gasteiger partial charge < -0.3 is 14.7 Å². The van der Waals surface area contributed by atoms with E-state index >= 15 is 0 Å². The predicted molar refractivity (Wildman–Crippen MR) is 109 cm³/mol. The molecule has 2 aromatic heterocycles. The second-order valence-electron chi connectivity index (χ2n) is 7.39. The Balaban J connectivity index is 1.58. The van der Waals surface area contributed by atoms with Gasteiger partial charge in [0.1, 0.15) is 0 Å². The minimum Gasteiger partial charge on any atom is -0.349 e. The molecule has 3 atom stereocenters. The smallest absolute Gasteiger partial charge is 0.261 e. The summed E-state index contributed by atoms with van der Waals surface area (Å²) in [5.41, 5.74) is 0.862. The third-order valence-electron chi connectivity index (χ3n) is 5.20. The molecule has 0 spiro atoms. The highest BCUT2D eigenvalue weighted by molar-refractivity contribution is 7.12. The molecule has 0 radical (unpaired) electrons. The van der Waals surface area contributed by atoms with Crippen LogP contribution < -0.4 is 5.32 Å². The SMILES string of the molecule is CN(C)C(=O)C1CC(NC(=O)c2cccs2)C(c2nc(-c3ccccc3)no2)C1. The van der Waals surface area contributed by atoms with E-state index in [1.54, 1.807) is 25.1 Å². The van der Waals surface area contributed by atoms with Crippen LogP contribution in [0.3, 0.4) is 0 Å². The summed E-state index contributed by atoms with van der Waals surface area (Å²) in [7, 11) is 3.49. The maximum Gasteiger partial charge on any atom is 0.261 e. The normalized spacial score (nSPS) is 21.1. The fourth-order valence-corrected chi connectivity index (χ4v) is 4.40. The Kier molecular flexibility index (Phi) is 5.44. The van der Waals surface area contributed by atoms with Gasteiger partial charge in [-0.25, -0.2) is 0 Å². The van der Waals surface area contributed by atoms with Gasteiger partial charge in [-0.15, -0.1) is 11.3 Å². The van der Waals surface area contributed by atoms with Gasteiger partial charge in [-0.3, -0.25) is 9.59 Å². The number of amides is 2. The lowest BCUT2D eigenvalue weighted by molar-refractivity contribution is -0.132. The van der Waals surface area contributed by atoms with Gasteiger partial charge in [0.05, 0.1) is 10.8 Å². The topological polar surface area (TPSA) is 88.3 Å². The molecule has 3 unspecified atom stereocenters. The molecule has 8 heteroatoms. The summed E-state index contributed by atoms with van der Waals surface area (Å²) in [5.74, 6) is 0.454. The van der Waals surface area contributed by atoms with Crippen LogP contribution in [0.4, 0.5) is 0 Å². The van der Waals surface area contributed by atoms with Gasteiger partial charge in [0.25, 0.3) is 5.91 Å². The monoisotopic (exact) mass is 410 g/mol. The van der Waals surface area contributed by atoms with E-state index in [9.17, 15) is 9.59 Å². The molecular formula is C21H22N4O3S. The zero-order valence-electron chi connectivity index (χ0n) is 16.2. The molecule has 1 fully saturated rings. The lowest BCUT2D eigenvalue weighted by atomic mass is 10.0. The van der Waals surface area contributed by atoms with Crippen molar-refractivity contribution in [1.82, 2.24) is 20.4 Å². The van der Waals surface area contributed by atoms with E-state index in [0.29, 0.717) is 29.4 Å². The third-order valence-corrected chi connectivity index (χ3v) is 6.07. The molecule has 1 N–H and O–H groups in total. The summed E-state index contributed by atoms with van der Waals surface area (Å²) in [6.07, 6.45) is 1.10. The largest absolute Gasteiger partial charge is 0.349 e. The van der Waals surface area contributed by atoms with Crippen molar-refractivity contribution >= 4 is 23.2 Å². The molecule has 150 valence electrons. The molecule has 29 heavy (non-hydrogen) atoms. The molecule has 2 heterocycles. The number of aromatic nitrogens is 2. The Morgan fingerprint density at radius 2 is 1.93 bits per heavy atom. The average molecular weight is 410 g/mol. The second kappa shape index (κ2) is 8.16. The summed E-state index contributed by atoms with van der Waals surface area (Å²) in [6.45, 7) is 0. The summed E-state index contributed by atoms with van der Waals surface area (Å²) < 4.78 is 5.56. The van der Waals surface area contributed by atoms with Gasteiger partial charge >= 0.3 is 0 Å². The number of hydrogen-bond acceptors (Lipinski definition) is 6. The van der Waals surface area contributed by atoms with E-state index in [1.165, 1.54) is 11.3 Å². The number of rotatable bonds is 5. The number of nitrogens with zero attached hydrogens (tertiary/aromatic N) is 3. The molecule has 0 saturated heterocycles. The Bertz CT molecular complexity index is 985. The van der Waals surface area contributed by atoms with Gasteiger partial charge in [-0.05, 0) is 24.3 Å². The van der Waals surface area contributed by atoms with Crippen LogP contribution in [0, 0.1) is 5.92 Å². The lowest BCUT2D eigenvalue weighted by Crippen LogP contribution is -2.37. The lowest BCUT2D eigenvalue weighted by Gasteiger charge is -2.17.